The minimum atomic E-state index is -0.817. The third kappa shape index (κ3) is 14.5. The Morgan fingerprint density at radius 1 is 1.07 bits per heavy atom. The molecule has 232 valence electrons. The van der Waals surface area contributed by atoms with Crippen LogP contribution in [0.2, 0.25) is 0 Å². The molecule has 40 heavy (non-hydrogen) atoms. The van der Waals surface area contributed by atoms with Gasteiger partial charge < -0.3 is 20.3 Å². The van der Waals surface area contributed by atoms with E-state index in [-0.39, 0.29) is 17.4 Å². The summed E-state index contributed by atoms with van der Waals surface area (Å²) in [4.78, 5) is 21.8. The van der Waals surface area contributed by atoms with Gasteiger partial charge in [0.15, 0.2) is 0 Å². The van der Waals surface area contributed by atoms with Crippen LogP contribution in [0.1, 0.15) is 100 Å². The van der Waals surface area contributed by atoms with Gasteiger partial charge in [-0.1, -0.05) is 93.5 Å². The fraction of sp³-hybridized carbons (Fsp3) is 0.636. The van der Waals surface area contributed by atoms with Crippen molar-refractivity contribution in [2.75, 3.05) is 19.9 Å². The molecule has 0 aliphatic rings. The summed E-state index contributed by atoms with van der Waals surface area (Å²) in [6.07, 6.45) is 10.6. The number of likely N-dealkylation sites (N-methyl/N-ethyl adjacent to an activating group) is 1. The topological polar surface area (TPSA) is 95.9 Å². The number of allylic oxidation sites excluding steroid dienone is 4. The first-order chi connectivity index (χ1) is 18.9. The SMILES string of the molecule is CC.CC.CCc1cc(C(CC)(CC)/C(=C/C=C/C=O)SC)ccc1OCC(O)C(C)(C)C.CNC(C)C(=O)O. The van der Waals surface area contributed by atoms with Crippen LogP contribution < -0.4 is 10.1 Å². The molecule has 0 saturated heterocycles. The van der Waals surface area contributed by atoms with Gasteiger partial charge in [-0.25, -0.2) is 0 Å². The zero-order chi connectivity index (χ0) is 31.9. The van der Waals surface area contributed by atoms with Gasteiger partial charge >= 0.3 is 5.97 Å². The number of aliphatic hydroxyl groups excluding tert-OH is 1. The number of benzene rings is 1. The number of carbonyl (C=O) groups excluding carboxylic acids is 1. The second-order valence-corrected chi connectivity index (χ2v) is 10.6. The first-order valence-corrected chi connectivity index (χ1v) is 15.8. The molecule has 0 heterocycles. The molecule has 1 rings (SSSR count). The van der Waals surface area contributed by atoms with Gasteiger partial charge in [-0.3, -0.25) is 9.59 Å². The number of carboxylic acid groups (broad SMARTS) is 1. The van der Waals surface area contributed by atoms with Gasteiger partial charge in [-0.15, -0.1) is 11.8 Å². The molecule has 0 fully saturated rings. The van der Waals surface area contributed by atoms with E-state index in [4.69, 9.17) is 9.84 Å². The van der Waals surface area contributed by atoms with Crippen LogP contribution in [-0.2, 0) is 21.4 Å². The van der Waals surface area contributed by atoms with Crippen molar-refractivity contribution in [3.05, 3.63) is 52.5 Å². The minimum Gasteiger partial charge on any atom is -0.491 e. The third-order valence-electron chi connectivity index (χ3n) is 6.53. The molecule has 0 radical (unpaired) electrons. The lowest BCUT2D eigenvalue weighted by Crippen LogP contribution is -2.32. The number of hydrogen-bond acceptors (Lipinski definition) is 6. The van der Waals surface area contributed by atoms with Crippen LogP contribution in [0.25, 0.3) is 0 Å². The molecule has 2 atom stereocenters. The number of carboxylic acids is 1. The van der Waals surface area contributed by atoms with E-state index in [1.165, 1.54) is 16.5 Å². The molecule has 0 aliphatic carbocycles. The van der Waals surface area contributed by atoms with Crippen molar-refractivity contribution in [2.45, 2.75) is 113 Å². The summed E-state index contributed by atoms with van der Waals surface area (Å²) in [5.41, 5.74) is 2.11. The highest BCUT2D eigenvalue weighted by Gasteiger charge is 2.33. The van der Waals surface area contributed by atoms with E-state index in [9.17, 15) is 14.7 Å². The lowest BCUT2D eigenvalue weighted by molar-refractivity contribution is -0.138. The highest BCUT2D eigenvalue weighted by molar-refractivity contribution is 8.02. The van der Waals surface area contributed by atoms with Crippen LogP contribution >= 0.6 is 11.8 Å². The summed E-state index contributed by atoms with van der Waals surface area (Å²) in [5, 5.41) is 21.0. The van der Waals surface area contributed by atoms with Gasteiger partial charge in [-0.2, -0.15) is 0 Å². The molecule has 0 amide bonds. The highest BCUT2D eigenvalue weighted by Crippen LogP contribution is 2.44. The van der Waals surface area contributed by atoms with Gasteiger partial charge in [0, 0.05) is 5.41 Å². The Morgan fingerprint density at radius 3 is 1.98 bits per heavy atom. The summed E-state index contributed by atoms with van der Waals surface area (Å²) < 4.78 is 6.00. The van der Waals surface area contributed by atoms with Gasteiger partial charge in [0.25, 0.3) is 0 Å². The number of ether oxygens (including phenoxy) is 1. The number of aryl methyl sites for hydroxylation is 1. The van der Waals surface area contributed by atoms with Gasteiger partial charge in [0.1, 0.15) is 24.7 Å². The molecule has 0 saturated carbocycles. The zero-order valence-electron chi connectivity index (χ0n) is 27.6. The molecule has 0 bridgehead atoms. The van der Waals surface area contributed by atoms with Crippen LogP contribution in [0.15, 0.2) is 41.3 Å². The van der Waals surface area contributed by atoms with Crippen LogP contribution in [0.3, 0.4) is 0 Å². The van der Waals surface area contributed by atoms with Gasteiger partial charge in [0.2, 0.25) is 0 Å². The molecular formula is C33H59NO5S. The Kier molecular flexibility index (Phi) is 25.0. The van der Waals surface area contributed by atoms with Crippen LogP contribution in [0, 0.1) is 5.41 Å². The van der Waals surface area contributed by atoms with E-state index in [0.29, 0.717) is 0 Å². The Morgan fingerprint density at radius 2 is 1.62 bits per heavy atom. The van der Waals surface area contributed by atoms with Crippen LogP contribution in [0.5, 0.6) is 5.75 Å². The van der Waals surface area contributed by atoms with Crippen molar-refractivity contribution in [1.82, 2.24) is 5.32 Å². The quantitative estimate of drug-likeness (QED) is 0.124. The fourth-order valence-corrected chi connectivity index (χ4v) is 4.61. The lowest BCUT2D eigenvalue weighted by atomic mass is 9.74. The van der Waals surface area contributed by atoms with E-state index < -0.39 is 18.1 Å². The first kappa shape index (κ1) is 42.4. The van der Waals surface area contributed by atoms with E-state index in [0.717, 1.165) is 36.9 Å². The summed E-state index contributed by atoms with van der Waals surface area (Å²) in [6, 6.07) is 6.01. The van der Waals surface area contributed by atoms with Crippen molar-refractivity contribution in [1.29, 1.82) is 0 Å². The fourth-order valence-electron chi connectivity index (χ4n) is 3.60. The minimum absolute atomic E-state index is 0.0972. The zero-order valence-corrected chi connectivity index (χ0v) is 28.4. The Labute approximate surface area is 250 Å². The second-order valence-electron chi connectivity index (χ2n) is 9.76. The number of aliphatic hydroxyl groups is 1. The van der Waals surface area contributed by atoms with Crippen molar-refractivity contribution >= 4 is 24.0 Å². The Balaban J connectivity index is -0.00000106. The molecule has 3 N–H and O–H groups in total. The Hall–Kier alpha value is -2.09. The molecular weight excluding hydrogens is 522 g/mol. The van der Waals surface area contributed by atoms with Crippen molar-refractivity contribution in [3.8, 4) is 5.75 Å². The highest BCUT2D eigenvalue weighted by atomic mass is 32.2. The molecule has 0 spiro atoms. The number of nitrogens with one attached hydrogen (secondary N) is 1. The summed E-state index contributed by atoms with van der Waals surface area (Å²) in [6.45, 7) is 22.5. The average molecular weight is 582 g/mol. The number of hydrogen-bond donors (Lipinski definition) is 3. The van der Waals surface area contributed by atoms with Gasteiger partial charge in [-0.05, 0) is 73.1 Å². The molecule has 2 unspecified atom stereocenters. The predicted molar refractivity (Wildman–Crippen MR) is 175 cm³/mol. The molecule has 1 aromatic carbocycles. The standard InChI is InChI=1S/C25H38O3S.C4H9NO2.2C2H6/c1-8-19-17-20(14-15-21(19)28-18-22(27)24(4,5)6)25(9-2,10-3)23(29-7)13-11-12-16-26;1-3(5-2)4(6)7;2*1-2/h11-17,22,27H,8-10,18H2,1-7H3;3,5H,1-2H3,(H,6,7);2*1-2H3/b12-11+,23-13-;;;. The van der Waals surface area contributed by atoms with E-state index in [1.54, 1.807) is 25.7 Å². The van der Waals surface area contributed by atoms with Gasteiger partial charge in [0.05, 0.1) is 6.10 Å². The third-order valence-corrected chi connectivity index (χ3v) is 7.50. The normalized spacial score (nSPS) is 13.0. The number of aliphatic carboxylic acids is 1. The number of rotatable bonds is 13. The smallest absolute Gasteiger partial charge is 0.320 e. The number of aldehydes is 1. The van der Waals surface area contributed by atoms with Crippen molar-refractivity contribution < 1.29 is 24.5 Å². The molecule has 0 aromatic heterocycles. The molecule has 7 heteroatoms. The lowest BCUT2D eigenvalue weighted by Gasteiger charge is -2.35. The summed E-state index contributed by atoms with van der Waals surface area (Å²) in [5.74, 6) is 0.0266. The van der Waals surface area contributed by atoms with Crippen LogP contribution in [0.4, 0.5) is 0 Å². The van der Waals surface area contributed by atoms with E-state index in [2.05, 4.69) is 50.6 Å². The maximum atomic E-state index is 10.7. The molecule has 1 aromatic rings. The Bertz CT molecular complexity index is 870. The maximum absolute atomic E-state index is 10.7. The first-order valence-electron chi connectivity index (χ1n) is 14.6. The van der Waals surface area contributed by atoms with Crippen molar-refractivity contribution in [3.63, 3.8) is 0 Å². The van der Waals surface area contributed by atoms with Crippen molar-refractivity contribution in [2.24, 2.45) is 5.41 Å². The second kappa shape index (κ2) is 23.6. The average Bonchev–Trinajstić information content (AvgIpc) is 2.97. The maximum Gasteiger partial charge on any atom is 0.320 e. The molecule has 6 nitrogen and oxygen atoms in total. The summed E-state index contributed by atoms with van der Waals surface area (Å²) in [7, 11) is 1.61. The number of carbonyl (C=O) groups is 2. The summed E-state index contributed by atoms with van der Waals surface area (Å²) >= 11 is 1.74. The van der Waals surface area contributed by atoms with Crippen LogP contribution in [-0.4, -0.2) is 54.5 Å². The van der Waals surface area contributed by atoms with E-state index in [1.807, 2.05) is 60.6 Å². The number of thioether (sulfide) groups is 1. The van der Waals surface area contributed by atoms with E-state index >= 15 is 0 Å². The largest absolute Gasteiger partial charge is 0.491 e. The monoisotopic (exact) mass is 581 g/mol. The molecule has 0 aliphatic heterocycles. The predicted octanol–water partition coefficient (Wildman–Crippen LogP) is 7.83.